The lowest BCUT2D eigenvalue weighted by Gasteiger charge is -2.23. The second-order valence-electron chi connectivity index (χ2n) is 8.87. The van der Waals surface area contributed by atoms with Crippen molar-refractivity contribution < 1.29 is 19.5 Å². The number of carboxylic acids is 1. The van der Waals surface area contributed by atoms with E-state index in [1.165, 1.54) is 0 Å². The first-order chi connectivity index (χ1) is 13.3. The van der Waals surface area contributed by atoms with Crippen molar-refractivity contribution in [3.05, 3.63) is 83.4 Å². The Morgan fingerprint density at radius 2 is 1.03 bits per heavy atom. The zero-order chi connectivity index (χ0) is 22.2. The molecule has 0 fully saturated rings. The first kappa shape index (κ1) is 24.0. The molecule has 0 saturated carbocycles. The van der Waals surface area contributed by atoms with Crippen LogP contribution in [0.4, 0.5) is 0 Å². The Balaban J connectivity index is 0.000000298. The van der Waals surface area contributed by atoms with Gasteiger partial charge in [-0.15, -0.1) is 0 Å². The van der Waals surface area contributed by atoms with E-state index in [1.54, 1.807) is 48.5 Å². The van der Waals surface area contributed by atoms with Crippen LogP contribution in [0.3, 0.4) is 0 Å². The van der Waals surface area contributed by atoms with E-state index in [0.717, 1.165) is 0 Å². The molecule has 2 rings (SSSR count). The zero-order valence-electron chi connectivity index (χ0n) is 18.0. The van der Waals surface area contributed by atoms with Crippen LogP contribution in [0.5, 0.6) is 0 Å². The molecule has 4 heteroatoms. The highest BCUT2D eigenvalue weighted by molar-refractivity contribution is 6.49. The van der Waals surface area contributed by atoms with Crippen LogP contribution in [-0.2, 0) is 4.79 Å². The Morgan fingerprint density at radius 3 is 1.24 bits per heavy atom. The van der Waals surface area contributed by atoms with Crippen molar-refractivity contribution in [1.29, 1.82) is 0 Å². The van der Waals surface area contributed by atoms with Crippen molar-refractivity contribution in [3.63, 3.8) is 0 Å². The summed E-state index contributed by atoms with van der Waals surface area (Å²) in [5.41, 5.74) is 0.966. The number of allylic oxidation sites excluding steroid dienone is 1. The van der Waals surface area contributed by atoms with Crippen molar-refractivity contribution in [2.45, 2.75) is 41.5 Å². The first-order valence-electron chi connectivity index (χ1n) is 9.48. The Morgan fingerprint density at radius 1 is 0.690 bits per heavy atom. The van der Waals surface area contributed by atoms with Gasteiger partial charge in [0.05, 0.1) is 0 Å². The normalized spacial score (nSPS) is 11.9. The Bertz CT molecular complexity index is 815. The van der Waals surface area contributed by atoms with Gasteiger partial charge in [-0.2, -0.15) is 0 Å². The minimum atomic E-state index is -0.817. The summed E-state index contributed by atoms with van der Waals surface area (Å²) in [7, 11) is 0. The number of ketones is 2. The molecule has 0 saturated heterocycles. The number of aliphatic carboxylic acids is 1. The zero-order valence-corrected chi connectivity index (χ0v) is 18.0. The summed E-state index contributed by atoms with van der Waals surface area (Å²) < 4.78 is 0. The first-order valence-corrected chi connectivity index (χ1v) is 9.48. The number of carbonyl (C=O) groups is 3. The fourth-order valence-electron chi connectivity index (χ4n) is 2.47. The maximum atomic E-state index is 11.8. The molecule has 0 radical (unpaired) electrons. The quantitative estimate of drug-likeness (QED) is 0.402. The van der Waals surface area contributed by atoms with E-state index in [2.05, 4.69) is 0 Å². The van der Waals surface area contributed by atoms with E-state index in [0.29, 0.717) is 16.7 Å². The van der Waals surface area contributed by atoms with Crippen LogP contribution in [0, 0.1) is 10.8 Å². The molecule has 0 amide bonds. The van der Waals surface area contributed by atoms with Crippen LogP contribution in [0.15, 0.2) is 72.3 Å². The highest BCUT2D eigenvalue weighted by atomic mass is 16.4. The molecular formula is C25H30O4. The van der Waals surface area contributed by atoms with Gasteiger partial charge in [-0.05, 0) is 10.8 Å². The van der Waals surface area contributed by atoms with Gasteiger partial charge in [0, 0.05) is 16.7 Å². The highest BCUT2D eigenvalue weighted by Gasteiger charge is 2.25. The van der Waals surface area contributed by atoms with Crippen LogP contribution in [-0.4, -0.2) is 22.6 Å². The summed E-state index contributed by atoms with van der Waals surface area (Å²) in [4.78, 5) is 34.5. The maximum Gasteiger partial charge on any atom is 0.331 e. The fraction of sp³-hybridized carbons (Fsp3) is 0.320. The predicted molar refractivity (Wildman–Crippen MR) is 116 cm³/mol. The molecule has 2 aromatic rings. The number of benzene rings is 2. The smallest absolute Gasteiger partial charge is 0.331 e. The van der Waals surface area contributed by atoms with Gasteiger partial charge in [-0.3, -0.25) is 9.59 Å². The fourth-order valence-corrected chi connectivity index (χ4v) is 2.47. The van der Waals surface area contributed by atoms with Crippen molar-refractivity contribution in [2.75, 3.05) is 0 Å². The summed E-state index contributed by atoms with van der Waals surface area (Å²) in [6.07, 6.45) is 1.83. The largest absolute Gasteiger partial charge is 0.478 e. The number of carboxylic acid groups (broad SMARTS) is 1. The minimum Gasteiger partial charge on any atom is -0.478 e. The minimum absolute atomic E-state index is 0.0823. The molecule has 0 atom stereocenters. The van der Waals surface area contributed by atoms with Gasteiger partial charge in [0.25, 0.3) is 0 Å². The third kappa shape index (κ3) is 8.26. The van der Waals surface area contributed by atoms with Crippen LogP contribution >= 0.6 is 0 Å². The molecule has 0 aliphatic carbocycles. The van der Waals surface area contributed by atoms with E-state index < -0.39 is 17.5 Å². The number of Topliss-reactive ketones (excluding diaryl/α,β-unsaturated/α-hetero) is 2. The molecule has 0 aliphatic rings. The lowest BCUT2D eigenvalue weighted by atomic mass is 9.81. The van der Waals surface area contributed by atoms with E-state index in [1.807, 2.05) is 59.8 Å². The Kier molecular flexibility index (Phi) is 8.26. The number of hydrogen-bond acceptors (Lipinski definition) is 3. The van der Waals surface area contributed by atoms with Crippen LogP contribution in [0.1, 0.15) is 62.3 Å². The second-order valence-corrected chi connectivity index (χ2v) is 8.87. The van der Waals surface area contributed by atoms with E-state index in [-0.39, 0.29) is 10.8 Å². The lowest BCUT2D eigenvalue weighted by molar-refractivity contribution is -0.133. The van der Waals surface area contributed by atoms with Crippen molar-refractivity contribution in [3.8, 4) is 0 Å². The van der Waals surface area contributed by atoms with Crippen LogP contribution < -0.4 is 0 Å². The monoisotopic (exact) mass is 394 g/mol. The van der Waals surface area contributed by atoms with E-state index in [4.69, 9.17) is 5.11 Å². The van der Waals surface area contributed by atoms with Crippen molar-refractivity contribution in [2.24, 2.45) is 10.8 Å². The standard InChI is InChI=1S/C14H10O2.C11H20O2/c15-13(11-7-3-1-4-8-11)14(16)12-9-5-2-6-10-12;1-10(2,3)7-8(9(12)13)11(4,5)6/h1-10H;7H,1-6H3,(H,12,13)/b;8-7+. The summed E-state index contributed by atoms with van der Waals surface area (Å²) in [5, 5.41) is 9.00. The summed E-state index contributed by atoms with van der Waals surface area (Å²) in [6.45, 7) is 11.8. The van der Waals surface area contributed by atoms with Gasteiger partial charge in [0.1, 0.15) is 0 Å². The van der Waals surface area contributed by atoms with E-state index >= 15 is 0 Å². The van der Waals surface area contributed by atoms with Crippen molar-refractivity contribution in [1.82, 2.24) is 0 Å². The molecule has 2 aromatic carbocycles. The Hall–Kier alpha value is -3.01. The average Bonchev–Trinajstić information content (AvgIpc) is 2.65. The van der Waals surface area contributed by atoms with Crippen LogP contribution in [0.25, 0.3) is 0 Å². The topological polar surface area (TPSA) is 71.4 Å². The summed E-state index contributed by atoms with van der Waals surface area (Å²) in [5.74, 6) is -1.75. The molecule has 0 bridgehead atoms. The number of rotatable bonds is 4. The third-order valence-electron chi connectivity index (χ3n) is 3.89. The molecular weight excluding hydrogens is 364 g/mol. The number of hydrogen-bond donors (Lipinski definition) is 1. The number of carbonyl (C=O) groups excluding carboxylic acids is 2. The average molecular weight is 395 g/mol. The Labute approximate surface area is 173 Å². The molecule has 0 unspecified atom stereocenters. The van der Waals surface area contributed by atoms with Gasteiger partial charge >= 0.3 is 5.97 Å². The lowest BCUT2D eigenvalue weighted by Crippen LogP contribution is -2.20. The van der Waals surface area contributed by atoms with Gasteiger partial charge < -0.3 is 5.11 Å². The molecule has 1 N–H and O–H groups in total. The highest BCUT2D eigenvalue weighted by Crippen LogP contribution is 2.29. The summed E-state index contributed by atoms with van der Waals surface area (Å²) in [6, 6.07) is 17.2. The third-order valence-corrected chi connectivity index (χ3v) is 3.89. The molecule has 0 heterocycles. The van der Waals surface area contributed by atoms with Gasteiger partial charge in [-0.25, -0.2) is 4.79 Å². The van der Waals surface area contributed by atoms with E-state index in [9.17, 15) is 14.4 Å². The molecule has 0 aromatic heterocycles. The van der Waals surface area contributed by atoms with Gasteiger partial charge in [0.2, 0.25) is 11.6 Å². The van der Waals surface area contributed by atoms with Crippen LogP contribution in [0.2, 0.25) is 0 Å². The molecule has 154 valence electrons. The van der Waals surface area contributed by atoms with Gasteiger partial charge in [0.15, 0.2) is 0 Å². The second kappa shape index (κ2) is 9.97. The molecule has 0 aliphatic heterocycles. The predicted octanol–water partition coefficient (Wildman–Crippen LogP) is 5.84. The molecule has 4 nitrogen and oxygen atoms in total. The molecule has 0 spiro atoms. The summed E-state index contributed by atoms with van der Waals surface area (Å²) >= 11 is 0. The molecule has 29 heavy (non-hydrogen) atoms. The SMILES string of the molecule is CC(C)(C)/C=C(\C(=O)O)C(C)(C)C.O=C(C(=O)c1ccccc1)c1ccccc1. The maximum absolute atomic E-state index is 11.8. The van der Waals surface area contributed by atoms with Gasteiger partial charge in [-0.1, -0.05) is 108 Å². The van der Waals surface area contributed by atoms with Crippen molar-refractivity contribution >= 4 is 17.5 Å².